The number of piperidine rings is 1. The lowest BCUT2D eigenvalue weighted by Gasteiger charge is -2.32. The van der Waals surface area contributed by atoms with Gasteiger partial charge in [-0.3, -0.25) is 9.69 Å². The number of nitrogens with zero attached hydrogens (tertiary/aromatic N) is 4. The van der Waals surface area contributed by atoms with Crippen molar-refractivity contribution >= 4 is 18.1 Å². The minimum atomic E-state index is -0.321. The molecule has 3 aromatic rings. The van der Waals surface area contributed by atoms with Gasteiger partial charge >= 0.3 is 0 Å². The summed E-state index contributed by atoms with van der Waals surface area (Å²) in [5.74, 6) is 0.592. The maximum atomic E-state index is 12.3. The van der Waals surface area contributed by atoms with Gasteiger partial charge in [0, 0.05) is 19.2 Å². The van der Waals surface area contributed by atoms with Gasteiger partial charge < -0.3 is 9.84 Å². The summed E-state index contributed by atoms with van der Waals surface area (Å²) < 4.78 is 5.14. The SMILES string of the molecule is N#Cc1ccc(/C=C/c2nc(C(=O)NCCC3CCN(Cc4ccccc4)CC3)no2)cc1. The zero-order chi connectivity index (χ0) is 22.9. The topological polar surface area (TPSA) is 95.0 Å². The summed E-state index contributed by atoms with van der Waals surface area (Å²) in [6.07, 6.45) is 6.69. The molecule has 1 aromatic heterocycles. The molecule has 1 amide bonds. The smallest absolute Gasteiger partial charge is 0.292 e. The Kier molecular flexibility index (Phi) is 7.62. The number of carbonyl (C=O) groups excluding carboxylic acids is 1. The minimum Gasteiger partial charge on any atom is -0.349 e. The van der Waals surface area contributed by atoms with E-state index in [2.05, 4.69) is 50.7 Å². The van der Waals surface area contributed by atoms with Crippen LogP contribution in [0, 0.1) is 17.2 Å². The molecule has 168 valence electrons. The number of hydrogen-bond acceptors (Lipinski definition) is 6. The molecule has 1 fully saturated rings. The third kappa shape index (κ3) is 6.61. The molecule has 1 aliphatic heterocycles. The van der Waals surface area contributed by atoms with Gasteiger partial charge in [0.2, 0.25) is 0 Å². The number of benzene rings is 2. The van der Waals surface area contributed by atoms with Crippen molar-refractivity contribution in [2.45, 2.75) is 25.8 Å². The highest BCUT2D eigenvalue weighted by atomic mass is 16.5. The van der Waals surface area contributed by atoms with Crippen LogP contribution in [0.1, 0.15) is 52.5 Å². The summed E-state index contributed by atoms with van der Waals surface area (Å²) in [6.45, 7) is 3.79. The lowest BCUT2D eigenvalue weighted by atomic mass is 9.93. The quantitative estimate of drug-likeness (QED) is 0.564. The fourth-order valence-corrected chi connectivity index (χ4v) is 3.98. The predicted octanol–water partition coefficient (Wildman–Crippen LogP) is 4.14. The van der Waals surface area contributed by atoms with Crippen molar-refractivity contribution in [3.63, 3.8) is 0 Å². The Morgan fingerprint density at radius 3 is 2.61 bits per heavy atom. The lowest BCUT2D eigenvalue weighted by Crippen LogP contribution is -2.35. The van der Waals surface area contributed by atoms with Crippen LogP contribution >= 0.6 is 0 Å². The Morgan fingerprint density at radius 1 is 1.12 bits per heavy atom. The Morgan fingerprint density at radius 2 is 1.88 bits per heavy atom. The van der Waals surface area contributed by atoms with Crippen molar-refractivity contribution in [1.82, 2.24) is 20.4 Å². The van der Waals surface area contributed by atoms with E-state index in [0.29, 0.717) is 18.0 Å². The number of aromatic nitrogens is 2. The van der Waals surface area contributed by atoms with E-state index in [1.807, 2.05) is 18.2 Å². The third-order valence-electron chi connectivity index (χ3n) is 5.90. The summed E-state index contributed by atoms with van der Waals surface area (Å²) in [5, 5.41) is 15.5. The summed E-state index contributed by atoms with van der Waals surface area (Å²) in [4.78, 5) is 19.0. The maximum Gasteiger partial charge on any atom is 0.292 e. The lowest BCUT2D eigenvalue weighted by molar-refractivity contribution is 0.0934. The monoisotopic (exact) mass is 441 g/mol. The molecule has 2 aromatic carbocycles. The number of amides is 1. The van der Waals surface area contributed by atoms with E-state index in [1.165, 1.54) is 5.56 Å². The second-order valence-electron chi connectivity index (χ2n) is 8.27. The molecule has 1 saturated heterocycles. The molecular formula is C26H27N5O2. The van der Waals surface area contributed by atoms with Gasteiger partial charge in [-0.25, -0.2) is 0 Å². The highest BCUT2D eigenvalue weighted by Gasteiger charge is 2.20. The van der Waals surface area contributed by atoms with E-state index in [-0.39, 0.29) is 17.6 Å². The van der Waals surface area contributed by atoms with Crippen LogP contribution in [0.4, 0.5) is 0 Å². The fourth-order valence-electron chi connectivity index (χ4n) is 3.98. The Labute approximate surface area is 193 Å². The van der Waals surface area contributed by atoms with E-state index >= 15 is 0 Å². The van der Waals surface area contributed by atoms with E-state index in [1.54, 1.807) is 24.3 Å². The normalized spacial score (nSPS) is 14.9. The summed E-state index contributed by atoms with van der Waals surface area (Å²) in [7, 11) is 0. The number of nitriles is 1. The van der Waals surface area contributed by atoms with E-state index in [9.17, 15) is 4.79 Å². The van der Waals surface area contributed by atoms with Crippen LogP contribution in [0.15, 0.2) is 59.1 Å². The first kappa shape index (κ1) is 22.4. The largest absolute Gasteiger partial charge is 0.349 e. The van der Waals surface area contributed by atoms with Crippen molar-refractivity contribution in [3.8, 4) is 6.07 Å². The molecule has 0 spiro atoms. The third-order valence-corrected chi connectivity index (χ3v) is 5.90. The highest BCUT2D eigenvalue weighted by Crippen LogP contribution is 2.21. The zero-order valence-electron chi connectivity index (χ0n) is 18.5. The van der Waals surface area contributed by atoms with E-state index in [4.69, 9.17) is 9.78 Å². The average Bonchev–Trinajstić information content (AvgIpc) is 3.34. The molecular weight excluding hydrogens is 414 g/mol. The molecule has 33 heavy (non-hydrogen) atoms. The second kappa shape index (κ2) is 11.2. The first-order valence-electron chi connectivity index (χ1n) is 11.3. The Bertz CT molecular complexity index is 1110. The average molecular weight is 442 g/mol. The molecule has 4 rings (SSSR count). The number of carbonyl (C=O) groups is 1. The molecule has 0 aliphatic carbocycles. The zero-order valence-corrected chi connectivity index (χ0v) is 18.5. The summed E-state index contributed by atoms with van der Waals surface area (Å²) in [6, 6.07) is 19.8. The van der Waals surface area contributed by atoms with Crippen molar-refractivity contribution in [2.75, 3.05) is 19.6 Å². The standard InChI is InChI=1S/C26H27N5O2/c27-18-22-8-6-20(7-9-22)10-11-24-29-25(30-33-24)26(32)28-15-12-21-13-16-31(17-14-21)19-23-4-2-1-3-5-23/h1-11,21H,12-17,19H2,(H,28,32)/b11-10+. The summed E-state index contributed by atoms with van der Waals surface area (Å²) in [5.41, 5.74) is 2.85. The Hall–Kier alpha value is -3.76. The molecule has 0 atom stereocenters. The molecule has 7 heteroatoms. The molecule has 0 unspecified atom stereocenters. The van der Waals surface area contributed by atoms with Gasteiger partial charge in [-0.15, -0.1) is 0 Å². The minimum absolute atomic E-state index is 0.0344. The van der Waals surface area contributed by atoms with Crippen LogP contribution in [0.25, 0.3) is 12.2 Å². The van der Waals surface area contributed by atoms with E-state index < -0.39 is 0 Å². The van der Waals surface area contributed by atoms with Gasteiger partial charge in [0.15, 0.2) is 0 Å². The van der Waals surface area contributed by atoms with Crippen molar-refractivity contribution in [3.05, 3.63) is 83.0 Å². The van der Waals surface area contributed by atoms with Gasteiger partial charge in [-0.05, 0) is 67.6 Å². The van der Waals surface area contributed by atoms with Gasteiger partial charge in [-0.1, -0.05) is 47.6 Å². The second-order valence-corrected chi connectivity index (χ2v) is 8.27. The van der Waals surface area contributed by atoms with Crippen LogP contribution in [0.5, 0.6) is 0 Å². The number of rotatable bonds is 8. The first-order chi connectivity index (χ1) is 16.2. The number of hydrogen-bond donors (Lipinski definition) is 1. The van der Waals surface area contributed by atoms with Gasteiger partial charge in [0.05, 0.1) is 11.6 Å². The molecule has 1 aliphatic rings. The van der Waals surface area contributed by atoms with Crippen LogP contribution in [-0.4, -0.2) is 40.6 Å². The summed E-state index contributed by atoms with van der Waals surface area (Å²) >= 11 is 0. The van der Waals surface area contributed by atoms with Crippen LogP contribution in [-0.2, 0) is 6.54 Å². The highest BCUT2D eigenvalue weighted by molar-refractivity contribution is 5.90. The number of nitrogens with one attached hydrogen (secondary N) is 1. The van der Waals surface area contributed by atoms with Gasteiger partial charge in [0.1, 0.15) is 0 Å². The Balaban J connectivity index is 1.17. The molecule has 2 heterocycles. The first-order valence-corrected chi connectivity index (χ1v) is 11.3. The van der Waals surface area contributed by atoms with Crippen molar-refractivity contribution < 1.29 is 9.32 Å². The van der Waals surface area contributed by atoms with E-state index in [0.717, 1.165) is 44.5 Å². The van der Waals surface area contributed by atoms with Crippen molar-refractivity contribution in [1.29, 1.82) is 5.26 Å². The molecule has 0 bridgehead atoms. The predicted molar refractivity (Wildman–Crippen MR) is 126 cm³/mol. The fraction of sp³-hybridized carbons (Fsp3) is 0.308. The molecule has 1 N–H and O–H groups in total. The van der Waals surface area contributed by atoms with Crippen molar-refractivity contribution in [2.24, 2.45) is 5.92 Å². The molecule has 0 radical (unpaired) electrons. The maximum absolute atomic E-state index is 12.3. The van der Waals surface area contributed by atoms with Crippen LogP contribution in [0.2, 0.25) is 0 Å². The molecule has 0 saturated carbocycles. The van der Waals surface area contributed by atoms with Crippen LogP contribution in [0.3, 0.4) is 0 Å². The number of likely N-dealkylation sites (tertiary alicyclic amines) is 1. The van der Waals surface area contributed by atoms with Crippen LogP contribution < -0.4 is 5.32 Å². The molecule has 7 nitrogen and oxygen atoms in total. The van der Waals surface area contributed by atoms with Gasteiger partial charge in [0.25, 0.3) is 17.6 Å². The van der Waals surface area contributed by atoms with Gasteiger partial charge in [-0.2, -0.15) is 10.2 Å².